The lowest BCUT2D eigenvalue weighted by Gasteiger charge is -2.14. The highest BCUT2D eigenvalue weighted by Gasteiger charge is 2.21. The van der Waals surface area contributed by atoms with Crippen LogP contribution in [-0.4, -0.2) is 19.3 Å². The maximum absolute atomic E-state index is 12.3. The maximum Gasteiger partial charge on any atom is 0.240 e. The zero-order chi connectivity index (χ0) is 18.4. The molecular formula is C19H24N2O3S. The van der Waals surface area contributed by atoms with Crippen LogP contribution in [0.4, 0.5) is 0 Å². The van der Waals surface area contributed by atoms with Gasteiger partial charge in [0.1, 0.15) is 0 Å². The number of benzene rings is 1. The first-order chi connectivity index (χ1) is 11.8. The van der Waals surface area contributed by atoms with Gasteiger partial charge in [-0.15, -0.1) is 0 Å². The summed E-state index contributed by atoms with van der Waals surface area (Å²) in [5.74, 6) is -0.784. The summed E-state index contributed by atoms with van der Waals surface area (Å²) in [6.45, 7) is 6.00. The minimum atomic E-state index is -3.75. The lowest BCUT2D eigenvalue weighted by atomic mass is 9.96. The molecule has 134 valence electrons. The lowest BCUT2D eigenvalue weighted by molar-refractivity contribution is -0.120. The van der Waals surface area contributed by atoms with Gasteiger partial charge >= 0.3 is 0 Å². The van der Waals surface area contributed by atoms with Gasteiger partial charge in [0.2, 0.25) is 15.9 Å². The van der Waals surface area contributed by atoms with Crippen molar-refractivity contribution in [3.63, 3.8) is 0 Å². The molecule has 25 heavy (non-hydrogen) atoms. The largest absolute Gasteiger partial charge is 0.273 e. The molecule has 0 aliphatic carbocycles. The zero-order valence-corrected chi connectivity index (χ0v) is 15.6. The number of nitrogens with zero attached hydrogens (tertiary/aromatic N) is 1. The SMILES string of the molecule is CC(C)Cc1ccc([C@@H](C)C(=O)NS(=O)(=O)Cc2cccnc2)cc1. The Hall–Kier alpha value is -2.21. The summed E-state index contributed by atoms with van der Waals surface area (Å²) in [6.07, 6.45) is 4.01. The third-order valence-electron chi connectivity index (χ3n) is 3.85. The summed E-state index contributed by atoms with van der Waals surface area (Å²) in [5, 5.41) is 0. The van der Waals surface area contributed by atoms with Gasteiger partial charge in [0.15, 0.2) is 0 Å². The number of hydrogen-bond acceptors (Lipinski definition) is 4. The fourth-order valence-corrected chi connectivity index (χ4v) is 3.71. The standard InChI is InChI=1S/C19H24N2O3S/c1-14(2)11-16-6-8-18(9-7-16)15(3)19(22)21-25(23,24)13-17-5-4-10-20-12-17/h4-10,12,14-15H,11,13H2,1-3H3,(H,21,22)/t15-/m1/s1. The Morgan fingerprint density at radius 3 is 2.32 bits per heavy atom. The molecule has 0 spiro atoms. The quantitative estimate of drug-likeness (QED) is 0.823. The number of nitrogens with one attached hydrogen (secondary N) is 1. The van der Waals surface area contributed by atoms with Crippen LogP contribution < -0.4 is 4.72 Å². The lowest BCUT2D eigenvalue weighted by Crippen LogP contribution is -2.34. The van der Waals surface area contributed by atoms with Gasteiger partial charge in [-0.25, -0.2) is 8.42 Å². The molecule has 6 heteroatoms. The molecule has 0 radical (unpaired) electrons. The Labute approximate surface area is 149 Å². The minimum absolute atomic E-state index is 0.271. The van der Waals surface area contributed by atoms with Gasteiger partial charge in [-0.2, -0.15) is 0 Å². The average molecular weight is 360 g/mol. The normalized spacial score (nSPS) is 12.8. The van der Waals surface area contributed by atoms with Crippen LogP contribution in [0.3, 0.4) is 0 Å². The Bertz CT molecular complexity index is 800. The minimum Gasteiger partial charge on any atom is -0.273 e. The second-order valence-electron chi connectivity index (χ2n) is 6.65. The number of carbonyl (C=O) groups excluding carboxylic acids is 1. The van der Waals surface area contributed by atoms with Crippen molar-refractivity contribution in [2.75, 3.05) is 0 Å². The molecule has 0 fully saturated rings. The van der Waals surface area contributed by atoms with Crippen LogP contribution in [0.1, 0.15) is 43.4 Å². The molecule has 0 saturated carbocycles. The number of rotatable bonds is 7. The van der Waals surface area contributed by atoms with Gasteiger partial charge in [-0.05, 0) is 42.0 Å². The summed E-state index contributed by atoms with van der Waals surface area (Å²) in [7, 11) is -3.75. The van der Waals surface area contributed by atoms with E-state index in [1.54, 1.807) is 25.3 Å². The molecule has 1 heterocycles. The molecule has 0 unspecified atom stereocenters. The van der Waals surface area contributed by atoms with E-state index in [-0.39, 0.29) is 5.75 Å². The first-order valence-electron chi connectivity index (χ1n) is 8.29. The number of pyridine rings is 1. The summed E-state index contributed by atoms with van der Waals surface area (Å²) < 4.78 is 26.5. The third kappa shape index (κ3) is 5.98. The number of sulfonamides is 1. The average Bonchev–Trinajstić information content (AvgIpc) is 2.54. The number of amides is 1. The molecule has 1 aromatic carbocycles. The highest BCUT2D eigenvalue weighted by Crippen LogP contribution is 2.18. The van der Waals surface area contributed by atoms with Crippen LogP contribution in [-0.2, 0) is 27.0 Å². The molecule has 0 saturated heterocycles. The van der Waals surface area contributed by atoms with E-state index in [4.69, 9.17) is 0 Å². The van der Waals surface area contributed by atoms with E-state index in [1.807, 2.05) is 24.3 Å². The van der Waals surface area contributed by atoms with E-state index < -0.39 is 21.8 Å². The Morgan fingerprint density at radius 1 is 1.08 bits per heavy atom. The number of carbonyl (C=O) groups is 1. The van der Waals surface area contributed by atoms with Crippen LogP contribution in [0.15, 0.2) is 48.8 Å². The summed E-state index contributed by atoms with van der Waals surface area (Å²) >= 11 is 0. The van der Waals surface area contributed by atoms with Gasteiger partial charge in [-0.3, -0.25) is 14.5 Å². The van der Waals surface area contributed by atoms with E-state index in [1.165, 1.54) is 11.8 Å². The molecule has 5 nitrogen and oxygen atoms in total. The smallest absolute Gasteiger partial charge is 0.240 e. The monoisotopic (exact) mass is 360 g/mol. The van der Waals surface area contributed by atoms with Crippen LogP contribution in [0, 0.1) is 5.92 Å². The summed E-state index contributed by atoms with van der Waals surface area (Å²) in [6, 6.07) is 11.1. The van der Waals surface area contributed by atoms with E-state index in [9.17, 15) is 13.2 Å². The molecule has 1 N–H and O–H groups in total. The van der Waals surface area contributed by atoms with Gasteiger partial charge in [0.05, 0.1) is 11.7 Å². The second-order valence-corrected chi connectivity index (χ2v) is 8.37. The van der Waals surface area contributed by atoms with E-state index in [2.05, 4.69) is 23.6 Å². The van der Waals surface area contributed by atoms with Crippen molar-refractivity contribution in [3.8, 4) is 0 Å². The molecular weight excluding hydrogens is 336 g/mol. The number of aromatic nitrogens is 1. The van der Waals surface area contributed by atoms with E-state index in [0.29, 0.717) is 11.5 Å². The second kappa shape index (κ2) is 8.25. The van der Waals surface area contributed by atoms with Crippen molar-refractivity contribution in [1.82, 2.24) is 9.71 Å². The summed E-state index contributed by atoms with van der Waals surface area (Å²) in [5.41, 5.74) is 2.53. The predicted octanol–water partition coefficient (Wildman–Crippen LogP) is 3.03. The van der Waals surface area contributed by atoms with Crippen LogP contribution >= 0.6 is 0 Å². The van der Waals surface area contributed by atoms with E-state index in [0.717, 1.165) is 12.0 Å². The molecule has 0 aliphatic rings. The van der Waals surface area contributed by atoms with Gasteiger partial charge in [-0.1, -0.05) is 44.2 Å². The molecule has 0 aliphatic heterocycles. The molecule has 2 rings (SSSR count). The Kier molecular flexibility index (Phi) is 6.31. The molecule has 2 aromatic rings. The third-order valence-corrected chi connectivity index (χ3v) is 5.08. The Balaban J connectivity index is 2.01. The van der Waals surface area contributed by atoms with Crippen molar-refractivity contribution in [2.24, 2.45) is 5.92 Å². The highest BCUT2D eigenvalue weighted by molar-refractivity contribution is 7.89. The predicted molar refractivity (Wildman–Crippen MR) is 98.4 cm³/mol. The van der Waals surface area contributed by atoms with Crippen molar-refractivity contribution in [1.29, 1.82) is 0 Å². The first kappa shape index (κ1) is 19.1. The van der Waals surface area contributed by atoms with Crippen LogP contribution in [0.2, 0.25) is 0 Å². The fourth-order valence-electron chi connectivity index (χ4n) is 2.55. The summed E-state index contributed by atoms with van der Waals surface area (Å²) in [4.78, 5) is 16.2. The van der Waals surface area contributed by atoms with Crippen LogP contribution in [0.5, 0.6) is 0 Å². The van der Waals surface area contributed by atoms with Crippen molar-refractivity contribution in [2.45, 2.75) is 38.9 Å². The molecule has 1 atom stereocenters. The van der Waals surface area contributed by atoms with Crippen LogP contribution in [0.25, 0.3) is 0 Å². The highest BCUT2D eigenvalue weighted by atomic mass is 32.2. The fraction of sp³-hybridized carbons (Fsp3) is 0.368. The first-order valence-corrected chi connectivity index (χ1v) is 9.94. The molecule has 1 aromatic heterocycles. The van der Waals surface area contributed by atoms with Crippen molar-refractivity contribution in [3.05, 3.63) is 65.5 Å². The van der Waals surface area contributed by atoms with E-state index >= 15 is 0 Å². The van der Waals surface area contributed by atoms with Crippen molar-refractivity contribution >= 4 is 15.9 Å². The maximum atomic E-state index is 12.3. The zero-order valence-electron chi connectivity index (χ0n) is 14.8. The van der Waals surface area contributed by atoms with Gasteiger partial charge in [0.25, 0.3) is 0 Å². The van der Waals surface area contributed by atoms with Gasteiger partial charge in [0, 0.05) is 12.4 Å². The molecule has 1 amide bonds. The van der Waals surface area contributed by atoms with Gasteiger partial charge < -0.3 is 0 Å². The topological polar surface area (TPSA) is 76.1 Å². The molecule has 0 bridgehead atoms. The van der Waals surface area contributed by atoms with Crippen molar-refractivity contribution < 1.29 is 13.2 Å². The number of hydrogen-bond donors (Lipinski definition) is 1. The Morgan fingerprint density at radius 2 is 1.76 bits per heavy atom.